The molecule has 1 aliphatic heterocycles. The largest absolute Gasteiger partial charge is 0.496 e. The number of halogens is 1. The molecule has 1 saturated heterocycles. The zero-order valence-corrected chi connectivity index (χ0v) is 13.0. The van der Waals surface area contributed by atoms with Gasteiger partial charge in [-0.2, -0.15) is 0 Å². The summed E-state index contributed by atoms with van der Waals surface area (Å²) >= 11 is 0. The van der Waals surface area contributed by atoms with Crippen molar-refractivity contribution >= 4 is 18.1 Å². The smallest absolute Gasteiger partial charge is 0.126 e. The normalized spacial score (nSPS) is 14.4. The van der Waals surface area contributed by atoms with E-state index in [1.807, 2.05) is 18.2 Å². The summed E-state index contributed by atoms with van der Waals surface area (Å²) in [6, 6.07) is 16.9. The van der Waals surface area contributed by atoms with Crippen LogP contribution in [0.5, 0.6) is 5.75 Å². The summed E-state index contributed by atoms with van der Waals surface area (Å²) in [5.74, 6) is 0.919. The molecule has 0 saturated carbocycles. The van der Waals surface area contributed by atoms with E-state index in [1.165, 1.54) is 11.3 Å². The maximum Gasteiger partial charge on any atom is 0.126 e. The fourth-order valence-corrected chi connectivity index (χ4v) is 2.66. The molecular weight excluding hydrogens is 284 g/mol. The first kappa shape index (κ1) is 15.7. The quantitative estimate of drug-likeness (QED) is 0.942. The van der Waals surface area contributed by atoms with Crippen molar-refractivity contribution in [2.75, 3.05) is 38.2 Å². The lowest BCUT2D eigenvalue weighted by molar-refractivity contribution is 0.416. The van der Waals surface area contributed by atoms with Crippen LogP contribution >= 0.6 is 12.4 Å². The highest BCUT2D eigenvalue weighted by Gasteiger charge is 2.11. The Balaban J connectivity index is 0.00000161. The molecule has 4 heteroatoms. The molecule has 1 N–H and O–H groups in total. The Morgan fingerprint density at radius 3 is 2.29 bits per heavy atom. The van der Waals surface area contributed by atoms with E-state index in [-0.39, 0.29) is 12.4 Å². The summed E-state index contributed by atoms with van der Waals surface area (Å²) in [6.07, 6.45) is 0. The van der Waals surface area contributed by atoms with E-state index >= 15 is 0 Å². The van der Waals surface area contributed by atoms with E-state index in [4.69, 9.17) is 4.74 Å². The molecule has 0 bridgehead atoms. The molecule has 0 aliphatic carbocycles. The molecule has 0 spiro atoms. The van der Waals surface area contributed by atoms with Crippen LogP contribution in [0.3, 0.4) is 0 Å². The first-order chi connectivity index (χ1) is 9.88. The maximum atomic E-state index is 5.43. The molecule has 0 aromatic heterocycles. The fourth-order valence-electron chi connectivity index (χ4n) is 2.66. The Labute approximate surface area is 132 Å². The number of para-hydroxylation sites is 1. The lowest BCUT2D eigenvalue weighted by atomic mass is 10.0. The Hall–Kier alpha value is -1.71. The van der Waals surface area contributed by atoms with E-state index in [9.17, 15) is 0 Å². The summed E-state index contributed by atoms with van der Waals surface area (Å²) in [5.41, 5.74) is 3.63. The predicted molar refractivity (Wildman–Crippen MR) is 90.8 cm³/mol. The van der Waals surface area contributed by atoms with Crippen LogP contribution < -0.4 is 15.0 Å². The third kappa shape index (κ3) is 3.49. The Morgan fingerprint density at radius 1 is 0.952 bits per heavy atom. The number of piperazine rings is 1. The van der Waals surface area contributed by atoms with E-state index in [0.717, 1.165) is 37.5 Å². The second-order valence-electron chi connectivity index (χ2n) is 4.98. The minimum absolute atomic E-state index is 0. The number of methoxy groups -OCH3 is 1. The van der Waals surface area contributed by atoms with E-state index in [2.05, 4.69) is 40.5 Å². The van der Waals surface area contributed by atoms with Crippen molar-refractivity contribution in [3.8, 4) is 16.9 Å². The van der Waals surface area contributed by atoms with Crippen LogP contribution in [0.15, 0.2) is 48.5 Å². The predicted octanol–water partition coefficient (Wildman–Crippen LogP) is 3.19. The Morgan fingerprint density at radius 2 is 1.62 bits per heavy atom. The molecule has 3 nitrogen and oxygen atoms in total. The van der Waals surface area contributed by atoms with Crippen molar-refractivity contribution in [2.24, 2.45) is 0 Å². The lowest BCUT2D eigenvalue weighted by Gasteiger charge is -2.29. The van der Waals surface area contributed by atoms with Gasteiger partial charge in [-0.05, 0) is 23.8 Å². The molecule has 1 fully saturated rings. The van der Waals surface area contributed by atoms with Gasteiger partial charge in [0, 0.05) is 37.4 Å². The molecule has 0 radical (unpaired) electrons. The van der Waals surface area contributed by atoms with Gasteiger partial charge in [-0.25, -0.2) is 0 Å². The molecule has 3 rings (SSSR count). The van der Waals surface area contributed by atoms with Crippen LogP contribution in [0.25, 0.3) is 11.1 Å². The van der Waals surface area contributed by atoms with Crippen LogP contribution in [0.2, 0.25) is 0 Å². The van der Waals surface area contributed by atoms with Crippen LogP contribution in [0, 0.1) is 0 Å². The van der Waals surface area contributed by atoms with Crippen molar-refractivity contribution in [1.29, 1.82) is 0 Å². The highest BCUT2D eigenvalue weighted by atomic mass is 35.5. The maximum absolute atomic E-state index is 5.43. The fraction of sp³-hybridized carbons (Fsp3) is 0.294. The number of rotatable bonds is 3. The van der Waals surface area contributed by atoms with E-state index in [0.29, 0.717) is 0 Å². The van der Waals surface area contributed by atoms with Gasteiger partial charge in [-0.15, -0.1) is 12.4 Å². The Kier molecular flexibility index (Phi) is 5.48. The second kappa shape index (κ2) is 7.34. The van der Waals surface area contributed by atoms with Gasteiger partial charge < -0.3 is 15.0 Å². The van der Waals surface area contributed by atoms with Crippen LogP contribution in [0.1, 0.15) is 0 Å². The third-order valence-electron chi connectivity index (χ3n) is 3.77. The van der Waals surface area contributed by atoms with Crippen LogP contribution in [-0.4, -0.2) is 33.3 Å². The third-order valence-corrected chi connectivity index (χ3v) is 3.77. The summed E-state index contributed by atoms with van der Waals surface area (Å²) in [6.45, 7) is 4.28. The number of hydrogen-bond donors (Lipinski definition) is 1. The van der Waals surface area contributed by atoms with E-state index < -0.39 is 0 Å². The van der Waals surface area contributed by atoms with Crippen molar-refractivity contribution in [3.05, 3.63) is 48.5 Å². The molecule has 2 aromatic carbocycles. The van der Waals surface area contributed by atoms with Crippen molar-refractivity contribution in [1.82, 2.24) is 5.32 Å². The molecule has 0 unspecified atom stereocenters. The van der Waals surface area contributed by atoms with E-state index in [1.54, 1.807) is 7.11 Å². The Bertz CT molecular complexity index is 565. The summed E-state index contributed by atoms with van der Waals surface area (Å²) < 4.78 is 5.43. The number of nitrogens with one attached hydrogen (secondary N) is 1. The van der Waals surface area contributed by atoms with Gasteiger partial charge in [0.15, 0.2) is 0 Å². The molecule has 112 valence electrons. The molecule has 21 heavy (non-hydrogen) atoms. The SMILES string of the molecule is COc1ccccc1-c1ccc(N2CCNCC2)cc1.Cl. The average Bonchev–Trinajstić information content (AvgIpc) is 2.56. The average molecular weight is 305 g/mol. The van der Waals surface area contributed by atoms with Gasteiger partial charge in [0.2, 0.25) is 0 Å². The number of nitrogens with zero attached hydrogens (tertiary/aromatic N) is 1. The van der Waals surface area contributed by atoms with Gasteiger partial charge in [-0.1, -0.05) is 30.3 Å². The highest BCUT2D eigenvalue weighted by molar-refractivity contribution is 5.85. The minimum Gasteiger partial charge on any atom is -0.496 e. The lowest BCUT2D eigenvalue weighted by Crippen LogP contribution is -2.43. The first-order valence-electron chi connectivity index (χ1n) is 7.07. The monoisotopic (exact) mass is 304 g/mol. The standard InChI is InChI=1S/C17H20N2O.ClH/c1-20-17-5-3-2-4-16(17)14-6-8-15(9-7-14)19-12-10-18-11-13-19;/h2-9,18H,10-13H2,1H3;1H. The number of anilines is 1. The van der Waals surface area contributed by atoms with Gasteiger partial charge >= 0.3 is 0 Å². The number of hydrogen-bond acceptors (Lipinski definition) is 3. The molecular formula is C17H21ClN2O. The summed E-state index contributed by atoms with van der Waals surface area (Å²) in [4.78, 5) is 2.42. The molecule has 2 aromatic rings. The molecule has 1 aliphatic rings. The topological polar surface area (TPSA) is 24.5 Å². The van der Waals surface area contributed by atoms with Crippen LogP contribution in [-0.2, 0) is 0 Å². The van der Waals surface area contributed by atoms with Gasteiger partial charge in [-0.3, -0.25) is 0 Å². The van der Waals surface area contributed by atoms with Crippen LogP contribution in [0.4, 0.5) is 5.69 Å². The van der Waals surface area contributed by atoms with Crippen molar-refractivity contribution < 1.29 is 4.74 Å². The second-order valence-corrected chi connectivity index (χ2v) is 4.98. The first-order valence-corrected chi connectivity index (χ1v) is 7.07. The van der Waals surface area contributed by atoms with Crippen molar-refractivity contribution in [3.63, 3.8) is 0 Å². The highest BCUT2D eigenvalue weighted by Crippen LogP contribution is 2.30. The zero-order valence-electron chi connectivity index (χ0n) is 12.2. The minimum atomic E-state index is 0. The van der Waals surface area contributed by atoms with Gasteiger partial charge in [0.1, 0.15) is 5.75 Å². The summed E-state index contributed by atoms with van der Waals surface area (Å²) in [7, 11) is 1.72. The van der Waals surface area contributed by atoms with Gasteiger partial charge in [0.25, 0.3) is 0 Å². The van der Waals surface area contributed by atoms with Gasteiger partial charge in [0.05, 0.1) is 7.11 Å². The zero-order chi connectivity index (χ0) is 13.8. The van der Waals surface area contributed by atoms with Crippen molar-refractivity contribution in [2.45, 2.75) is 0 Å². The molecule has 0 atom stereocenters. The molecule has 0 amide bonds. The number of benzene rings is 2. The number of ether oxygens (including phenoxy) is 1. The summed E-state index contributed by atoms with van der Waals surface area (Å²) in [5, 5.41) is 3.38. The molecule has 1 heterocycles.